The standard InChI is InChI=1S/C26H30Cl2N4O4/c27-17-1-4-21(28)16(13-17)14-30-24(35)9-12-32-10-7-18(8-11-32)29-15-23(34)19-2-5-22(33)26-20(19)3-6-25(36)31-26/h1-6,13,18,23,29,33-34H,7-12,14-15H2,(H,30,35)(H,31,36)/t23-/m1/s1. The van der Waals surface area contributed by atoms with Crippen LogP contribution in [0.15, 0.2) is 47.3 Å². The predicted octanol–water partition coefficient (Wildman–Crippen LogP) is 3.33. The first-order chi connectivity index (χ1) is 17.3. The number of benzene rings is 2. The van der Waals surface area contributed by atoms with Crippen molar-refractivity contribution in [2.45, 2.75) is 38.0 Å². The van der Waals surface area contributed by atoms with Crippen molar-refractivity contribution < 1.29 is 15.0 Å². The molecule has 0 radical (unpaired) electrons. The van der Waals surface area contributed by atoms with Gasteiger partial charge in [-0.3, -0.25) is 9.59 Å². The van der Waals surface area contributed by atoms with Crippen LogP contribution in [0.3, 0.4) is 0 Å². The van der Waals surface area contributed by atoms with Crippen molar-refractivity contribution in [3.8, 4) is 5.75 Å². The van der Waals surface area contributed by atoms with Crippen LogP contribution in [0.5, 0.6) is 5.75 Å². The number of hydrogen-bond donors (Lipinski definition) is 5. The molecule has 1 amide bonds. The lowest BCUT2D eigenvalue weighted by atomic mass is 10.0. The smallest absolute Gasteiger partial charge is 0.248 e. The SMILES string of the molecule is O=C(CCN1CCC(NC[C@@H](O)c2ccc(O)c3[nH]c(=O)ccc23)CC1)NCc1cc(Cl)ccc1Cl. The van der Waals surface area contributed by atoms with Crippen LogP contribution >= 0.6 is 23.2 Å². The molecule has 10 heteroatoms. The Morgan fingerprint density at radius 3 is 2.69 bits per heavy atom. The second-order valence-electron chi connectivity index (χ2n) is 9.09. The van der Waals surface area contributed by atoms with Gasteiger partial charge in [0.05, 0.1) is 11.6 Å². The predicted molar refractivity (Wildman–Crippen MR) is 142 cm³/mol. The summed E-state index contributed by atoms with van der Waals surface area (Å²) < 4.78 is 0. The summed E-state index contributed by atoms with van der Waals surface area (Å²) in [4.78, 5) is 28.8. The average Bonchev–Trinajstić information content (AvgIpc) is 2.87. The highest BCUT2D eigenvalue weighted by molar-refractivity contribution is 6.33. The molecule has 192 valence electrons. The fourth-order valence-electron chi connectivity index (χ4n) is 4.52. The van der Waals surface area contributed by atoms with Gasteiger partial charge in [-0.1, -0.05) is 29.3 Å². The summed E-state index contributed by atoms with van der Waals surface area (Å²) >= 11 is 12.1. The maximum atomic E-state index is 12.3. The quantitative estimate of drug-likeness (QED) is 0.288. The number of aliphatic hydroxyl groups is 1. The summed E-state index contributed by atoms with van der Waals surface area (Å²) in [5.41, 5.74) is 1.46. The molecule has 0 bridgehead atoms. The second-order valence-corrected chi connectivity index (χ2v) is 9.93. The van der Waals surface area contributed by atoms with Crippen LogP contribution in [0.2, 0.25) is 10.0 Å². The van der Waals surface area contributed by atoms with Crippen molar-refractivity contribution in [3.05, 3.63) is 74.0 Å². The van der Waals surface area contributed by atoms with Gasteiger partial charge in [-0.05, 0) is 67.4 Å². The number of rotatable bonds is 9. The van der Waals surface area contributed by atoms with E-state index in [9.17, 15) is 19.8 Å². The van der Waals surface area contributed by atoms with E-state index in [-0.39, 0.29) is 23.3 Å². The van der Waals surface area contributed by atoms with Gasteiger partial charge in [-0.25, -0.2) is 0 Å². The Hall–Kier alpha value is -2.62. The second kappa shape index (κ2) is 12.1. The molecule has 2 aromatic carbocycles. The number of aromatic amines is 1. The molecule has 0 spiro atoms. The average molecular weight is 533 g/mol. The van der Waals surface area contributed by atoms with E-state index >= 15 is 0 Å². The van der Waals surface area contributed by atoms with Crippen molar-refractivity contribution in [1.29, 1.82) is 0 Å². The lowest BCUT2D eigenvalue weighted by Gasteiger charge is -2.32. The number of carbonyl (C=O) groups is 1. The molecule has 0 aliphatic carbocycles. The molecule has 1 fully saturated rings. The van der Waals surface area contributed by atoms with Gasteiger partial charge in [0.15, 0.2) is 0 Å². The van der Waals surface area contributed by atoms with Crippen LogP contribution in [-0.2, 0) is 11.3 Å². The molecule has 5 N–H and O–H groups in total. The third-order valence-corrected chi connectivity index (χ3v) is 7.20. The molecule has 1 saturated heterocycles. The molecular formula is C26H30Cl2N4O4. The number of amides is 1. The van der Waals surface area contributed by atoms with Crippen LogP contribution in [0, 0.1) is 0 Å². The van der Waals surface area contributed by atoms with Crippen molar-refractivity contribution in [2.24, 2.45) is 0 Å². The molecule has 0 saturated carbocycles. The van der Waals surface area contributed by atoms with E-state index in [1.165, 1.54) is 12.1 Å². The van der Waals surface area contributed by atoms with Crippen molar-refractivity contribution in [1.82, 2.24) is 20.5 Å². The summed E-state index contributed by atoms with van der Waals surface area (Å²) in [6.45, 7) is 3.12. The number of fused-ring (bicyclic) bond motifs is 1. The van der Waals surface area contributed by atoms with Gasteiger partial charge in [0.1, 0.15) is 5.75 Å². The van der Waals surface area contributed by atoms with E-state index in [0.29, 0.717) is 52.6 Å². The Kier molecular flexibility index (Phi) is 8.87. The van der Waals surface area contributed by atoms with E-state index in [1.54, 1.807) is 30.3 Å². The number of halogens is 2. The Bertz CT molecular complexity index is 1270. The van der Waals surface area contributed by atoms with E-state index in [4.69, 9.17) is 23.2 Å². The van der Waals surface area contributed by atoms with Crippen LogP contribution in [0.4, 0.5) is 0 Å². The molecular weight excluding hydrogens is 503 g/mol. The number of nitrogens with zero attached hydrogens (tertiary/aromatic N) is 1. The van der Waals surface area contributed by atoms with Gasteiger partial charge in [-0.15, -0.1) is 0 Å². The number of aromatic hydroxyl groups is 1. The van der Waals surface area contributed by atoms with Gasteiger partial charge in [0.25, 0.3) is 0 Å². The number of nitrogens with one attached hydrogen (secondary N) is 3. The van der Waals surface area contributed by atoms with Gasteiger partial charge >= 0.3 is 0 Å². The van der Waals surface area contributed by atoms with E-state index in [2.05, 4.69) is 20.5 Å². The minimum Gasteiger partial charge on any atom is -0.506 e. The van der Waals surface area contributed by atoms with E-state index in [0.717, 1.165) is 31.5 Å². The van der Waals surface area contributed by atoms with Crippen LogP contribution in [-0.4, -0.2) is 58.2 Å². The number of phenols is 1. The highest BCUT2D eigenvalue weighted by Crippen LogP contribution is 2.28. The van der Waals surface area contributed by atoms with Crippen molar-refractivity contribution in [2.75, 3.05) is 26.2 Å². The first kappa shape index (κ1) is 26.4. The number of pyridine rings is 1. The molecule has 1 aromatic heterocycles. The zero-order valence-electron chi connectivity index (χ0n) is 19.8. The van der Waals surface area contributed by atoms with Gasteiger partial charge in [0, 0.05) is 53.6 Å². The Morgan fingerprint density at radius 1 is 1.14 bits per heavy atom. The molecule has 1 aliphatic heterocycles. The highest BCUT2D eigenvalue weighted by Gasteiger charge is 2.21. The summed E-state index contributed by atoms with van der Waals surface area (Å²) in [5.74, 6) is -0.0576. The molecule has 1 atom stereocenters. The molecule has 8 nitrogen and oxygen atoms in total. The lowest BCUT2D eigenvalue weighted by molar-refractivity contribution is -0.121. The molecule has 4 rings (SSSR count). The van der Waals surface area contributed by atoms with Gasteiger partial charge in [-0.2, -0.15) is 0 Å². The number of piperidine rings is 1. The Balaban J connectivity index is 1.19. The van der Waals surface area contributed by atoms with E-state index < -0.39 is 6.10 Å². The normalized spacial score (nSPS) is 15.8. The largest absolute Gasteiger partial charge is 0.506 e. The number of H-pyrrole nitrogens is 1. The zero-order valence-corrected chi connectivity index (χ0v) is 21.3. The topological polar surface area (TPSA) is 118 Å². The zero-order chi connectivity index (χ0) is 25.7. The summed E-state index contributed by atoms with van der Waals surface area (Å²) in [6, 6.07) is 11.6. The number of likely N-dealkylation sites (tertiary alicyclic amines) is 1. The monoisotopic (exact) mass is 532 g/mol. The minimum atomic E-state index is -0.784. The molecule has 2 heterocycles. The molecule has 1 aliphatic rings. The van der Waals surface area contributed by atoms with Crippen molar-refractivity contribution >= 4 is 40.0 Å². The summed E-state index contributed by atoms with van der Waals surface area (Å²) in [5, 5.41) is 28.9. The summed E-state index contributed by atoms with van der Waals surface area (Å²) in [6.07, 6.45) is 1.45. The lowest BCUT2D eigenvalue weighted by Crippen LogP contribution is -2.44. The molecule has 0 unspecified atom stereocenters. The molecule has 36 heavy (non-hydrogen) atoms. The number of carbonyl (C=O) groups excluding carboxylic acids is 1. The highest BCUT2D eigenvalue weighted by atomic mass is 35.5. The number of phenolic OH excluding ortho intramolecular Hbond substituents is 1. The van der Waals surface area contributed by atoms with Gasteiger partial charge in [0.2, 0.25) is 11.5 Å². The number of aliphatic hydroxyl groups excluding tert-OH is 1. The van der Waals surface area contributed by atoms with Crippen molar-refractivity contribution in [3.63, 3.8) is 0 Å². The van der Waals surface area contributed by atoms with Crippen LogP contribution < -0.4 is 16.2 Å². The third kappa shape index (κ3) is 6.78. The maximum Gasteiger partial charge on any atom is 0.248 e. The van der Waals surface area contributed by atoms with E-state index in [1.807, 2.05) is 0 Å². The van der Waals surface area contributed by atoms with Gasteiger partial charge < -0.3 is 30.7 Å². The maximum absolute atomic E-state index is 12.3. The number of aromatic nitrogens is 1. The molecule has 3 aromatic rings. The fraction of sp³-hybridized carbons (Fsp3) is 0.385. The first-order valence-corrected chi connectivity index (χ1v) is 12.7. The number of hydrogen-bond acceptors (Lipinski definition) is 6. The Morgan fingerprint density at radius 2 is 1.92 bits per heavy atom. The third-order valence-electron chi connectivity index (χ3n) is 6.59. The summed E-state index contributed by atoms with van der Waals surface area (Å²) in [7, 11) is 0. The van der Waals surface area contributed by atoms with Crippen LogP contribution in [0.1, 0.15) is 36.5 Å². The fourth-order valence-corrected chi connectivity index (χ4v) is 4.90. The minimum absolute atomic E-state index is 0.0269. The Labute approximate surface area is 219 Å². The van der Waals surface area contributed by atoms with Crippen LogP contribution in [0.25, 0.3) is 10.9 Å². The first-order valence-electron chi connectivity index (χ1n) is 12.0.